The second kappa shape index (κ2) is 7.34. The summed E-state index contributed by atoms with van der Waals surface area (Å²) in [6.07, 6.45) is 5.89. The van der Waals surface area contributed by atoms with Gasteiger partial charge in [0.05, 0.1) is 16.8 Å². The number of hydrogen-bond acceptors (Lipinski definition) is 4. The van der Waals surface area contributed by atoms with Crippen LogP contribution in [0.3, 0.4) is 0 Å². The zero-order valence-corrected chi connectivity index (χ0v) is 16.8. The van der Waals surface area contributed by atoms with Crippen LogP contribution in [-0.2, 0) is 12.0 Å². The lowest BCUT2D eigenvalue weighted by Gasteiger charge is -2.32. The molecule has 146 valence electrons. The minimum atomic E-state index is -0.00577. The highest BCUT2D eigenvalue weighted by Gasteiger charge is 2.27. The van der Waals surface area contributed by atoms with Gasteiger partial charge in [0.2, 0.25) is 0 Å². The van der Waals surface area contributed by atoms with Crippen LogP contribution in [0.5, 0.6) is 0 Å². The third-order valence-electron chi connectivity index (χ3n) is 5.42. The van der Waals surface area contributed by atoms with E-state index in [1.54, 1.807) is 6.20 Å². The van der Waals surface area contributed by atoms with Crippen LogP contribution in [0, 0.1) is 5.92 Å². The molecule has 2 aromatic heterocycles. The molecule has 1 atom stereocenters. The quantitative estimate of drug-likeness (QED) is 0.698. The van der Waals surface area contributed by atoms with Gasteiger partial charge in [-0.15, -0.1) is 5.10 Å². The number of benzene rings is 1. The van der Waals surface area contributed by atoms with Crippen LogP contribution in [0.25, 0.3) is 10.9 Å². The van der Waals surface area contributed by atoms with Gasteiger partial charge >= 0.3 is 0 Å². The summed E-state index contributed by atoms with van der Waals surface area (Å²) in [4.78, 5) is 19.6. The average Bonchev–Trinajstić information content (AvgIpc) is 3.16. The van der Waals surface area contributed by atoms with Gasteiger partial charge in [0.1, 0.15) is 0 Å². The fourth-order valence-corrected chi connectivity index (χ4v) is 3.84. The van der Waals surface area contributed by atoms with Gasteiger partial charge in [0.25, 0.3) is 5.91 Å². The first-order valence-corrected chi connectivity index (χ1v) is 9.95. The van der Waals surface area contributed by atoms with Gasteiger partial charge in [-0.3, -0.25) is 14.5 Å². The Morgan fingerprint density at radius 2 is 2.04 bits per heavy atom. The smallest absolute Gasteiger partial charge is 0.256 e. The first-order valence-electron chi connectivity index (χ1n) is 9.95. The Morgan fingerprint density at radius 1 is 1.21 bits per heavy atom. The molecule has 4 rings (SSSR count). The van der Waals surface area contributed by atoms with Crippen molar-refractivity contribution in [3.05, 3.63) is 54.0 Å². The topological polar surface area (TPSA) is 63.9 Å². The van der Waals surface area contributed by atoms with Crippen molar-refractivity contribution in [3.8, 4) is 0 Å². The zero-order valence-electron chi connectivity index (χ0n) is 16.8. The number of carbonyl (C=O) groups excluding carboxylic acids is 1. The monoisotopic (exact) mass is 377 g/mol. The number of hydrogen-bond donors (Lipinski definition) is 0. The molecular formula is C22H27N5O. The maximum atomic E-state index is 13.2. The van der Waals surface area contributed by atoms with Gasteiger partial charge < -0.3 is 4.90 Å². The normalized spacial score (nSPS) is 17.8. The van der Waals surface area contributed by atoms with E-state index in [-0.39, 0.29) is 11.3 Å². The number of amides is 1. The van der Waals surface area contributed by atoms with Crippen LogP contribution >= 0.6 is 0 Å². The Balaban J connectivity index is 1.49. The van der Waals surface area contributed by atoms with Crippen LogP contribution in [0.1, 0.15) is 49.7 Å². The average molecular weight is 377 g/mol. The summed E-state index contributed by atoms with van der Waals surface area (Å²) in [6, 6.07) is 9.71. The summed E-state index contributed by atoms with van der Waals surface area (Å²) in [7, 11) is 0. The summed E-state index contributed by atoms with van der Waals surface area (Å²) in [5.41, 5.74) is 2.46. The number of likely N-dealkylation sites (tertiary alicyclic amines) is 1. The maximum absolute atomic E-state index is 13.2. The molecule has 0 N–H and O–H groups in total. The van der Waals surface area contributed by atoms with Crippen molar-refractivity contribution in [2.75, 3.05) is 13.1 Å². The molecule has 1 amide bonds. The Morgan fingerprint density at radius 3 is 2.82 bits per heavy atom. The van der Waals surface area contributed by atoms with Crippen molar-refractivity contribution in [1.82, 2.24) is 24.9 Å². The highest BCUT2D eigenvalue weighted by atomic mass is 16.2. The van der Waals surface area contributed by atoms with E-state index in [2.05, 4.69) is 36.1 Å². The van der Waals surface area contributed by atoms with Crippen LogP contribution < -0.4 is 0 Å². The fraction of sp³-hybridized carbons (Fsp3) is 0.455. The number of piperidine rings is 1. The Kier molecular flexibility index (Phi) is 4.87. The maximum Gasteiger partial charge on any atom is 0.256 e. The number of aromatic nitrogens is 4. The molecule has 1 aromatic carbocycles. The third-order valence-corrected chi connectivity index (χ3v) is 5.42. The minimum Gasteiger partial charge on any atom is -0.338 e. The molecule has 0 aliphatic carbocycles. The second-order valence-electron chi connectivity index (χ2n) is 8.72. The van der Waals surface area contributed by atoms with Gasteiger partial charge in [-0.05, 0) is 30.9 Å². The molecule has 1 aliphatic rings. The van der Waals surface area contributed by atoms with Crippen molar-refractivity contribution in [2.45, 2.75) is 45.6 Å². The Labute approximate surface area is 165 Å². The number of rotatable bonds is 3. The summed E-state index contributed by atoms with van der Waals surface area (Å²) in [5.74, 6) is 0.457. The van der Waals surface area contributed by atoms with Crippen LogP contribution in [0.15, 0.2) is 42.7 Å². The highest BCUT2D eigenvalue weighted by molar-refractivity contribution is 6.05. The van der Waals surface area contributed by atoms with Gasteiger partial charge in [-0.1, -0.05) is 44.2 Å². The van der Waals surface area contributed by atoms with Crippen molar-refractivity contribution < 1.29 is 4.79 Å². The van der Waals surface area contributed by atoms with E-state index in [0.717, 1.165) is 49.1 Å². The number of carbonyl (C=O) groups is 1. The lowest BCUT2D eigenvalue weighted by atomic mass is 9.93. The van der Waals surface area contributed by atoms with Crippen molar-refractivity contribution >= 4 is 16.8 Å². The Bertz CT molecular complexity index is 983. The third kappa shape index (κ3) is 3.77. The number of nitrogens with zero attached hydrogens (tertiary/aromatic N) is 5. The molecule has 0 unspecified atom stereocenters. The summed E-state index contributed by atoms with van der Waals surface area (Å²) in [5, 5.41) is 9.61. The zero-order chi connectivity index (χ0) is 19.7. The molecule has 0 spiro atoms. The SMILES string of the molecule is CC(C)(C)c1cn(C[C@H]2CCCN(C(=O)c3cccc4cccnc34)C2)nn1. The standard InChI is InChI=1S/C22H27N5O/c1-22(2,3)19-15-27(25-24-19)14-16-7-6-12-26(13-16)21(28)18-10-4-8-17-9-5-11-23-20(17)18/h4-5,8-11,15-16H,6-7,12-14H2,1-3H3/t16-/m0/s1. The molecule has 0 bridgehead atoms. The molecule has 0 radical (unpaired) electrons. The largest absolute Gasteiger partial charge is 0.338 e. The van der Waals surface area contributed by atoms with Gasteiger partial charge in [-0.25, -0.2) is 0 Å². The van der Waals surface area contributed by atoms with E-state index in [1.807, 2.05) is 46.1 Å². The molecule has 3 aromatic rings. The number of fused-ring (bicyclic) bond motifs is 1. The van der Waals surface area contributed by atoms with Gasteiger partial charge in [0, 0.05) is 42.8 Å². The first-order chi connectivity index (χ1) is 13.4. The summed E-state index contributed by atoms with van der Waals surface area (Å²) in [6.45, 7) is 8.75. The van der Waals surface area contributed by atoms with Gasteiger partial charge in [0.15, 0.2) is 0 Å². The first kappa shape index (κ1) is 18.6. The molecule has 6 nitrogen and oxygen atoms in total. The molecule has 6 heteroatoms. The highest BCUT2D eigenvalue weighted by Crippen LogP contribution is 2.24. The van der Waals surface area contributed by atoms with Crippen LogP contribution in [-0.4, -0.2) is 43.9 Å². The number of para-hydroxylation sites is 1. The van der Waals surface area contributed by atoms with Gasteiger partial charge in [-0.2, -0.15) is 0 Å². The van der Waals surface area contributed by atoms with E-state index in [9.17, 15) is 4.79 Å². The fourth-order valence-electron chi connectivity index (χ4n) is 3.84. The minimum absolute atomic E-state index is 0.00577. The molecule has 1 aliphatic heterocycles. The predicted molar refractivity (Wildman–Crippen MR) is 109 cm³/mol. The molecule has 1 fully saturated rings. The van der Waals surface area contributed by atoms with Crippen molar-refractivity contribution in [2.24, 2.45) is 5.92 Å². The molecule has 28 heavy (non-hydrogen) atoms. The summed E-state index contributed by atoms with van der Waals surface area (Å²) < 4.78 is 1.93. The van der Waals surface area contributed by atoms with Crippen LogP contribution in [0.2, 0.25) is 0 Å². The van der Waals surface area contributed by atoms with E-state index in [4.69, 9.17) is 0 Å². The lowest BCUT2D eigenvalue weighted by Crippen LogP contribution is -2.41. The lowest BCUT2D eigenvalue weighted by molar-refractivity contribution is 0.0661. The molecular weight excluding hydrogens is 350 g/mol. The Hall–Kier alpha value is -2.76. The van der Waals surface area contributed by atoms with Crippen molar-refractivity contribution in [1.29, 1.82) is 0 Å². The molecule has 0 saturated carbocycles. The van der Waals surface area contributed by atoms with Crippen LogP contribution in [0.4, 0.5) is 0 Å². The van der Waals surface area contributed by atoms with Crippen molar-refractivity contribution in [3.63, 3.8) is 0 Å². The second-order valence-corrected chi connectivity index (χ2v) is 8.72. The molecule has 3 heterocycles. The van der Waals surface area contributed by atoms with E-state index in [0.29, 0.717) is 11.5 Å². The predicted octanol–water partition coefficient (Wildman–Crippen LogP) is 3.68. The molecule has 1 saturated heterocycles. The van der Waals surface area contributed by atoms with E-state index >= 15 is 0 Å². The summed E-state index contributed by atoms with van der Waals surface area (Å²) >= 11 is 0. The number of pyridine rings is 1. The van der Waals surface area contributed by atoms with E-state index < -0.39 is 0 Å². The van der Waals surface area contributed by atoms with E-state index in [1.165, 1.54) is 0 Å².